The van der Waals surface area contributed by atoms with Gasteiger partial charge in [0.05, 0.1) is 5.56 Å². The largest absolute Gasteiger partial charge is 0.216 e. The molecule has 0 aliphatic rings. The molecule has 0 N–H and O–H groups in total. The molecule has 2 nitrogen and oxygen atoms in total. The van der Waals surface area contributed by atoms with E-state index in [1.54, 1.807) is 11.3 Å². The lowest BCUT2D eigenvalue weighted by Crippen LogP contribution is -1.95. The van der Waals surface area contributed by atoms with Gasteiger partial charge in [-0.1, -0.05) is 47.5 Å². The van der Waals surface area contributed by atoms with Crippen LogP contribution in [0.25, 0.3) is 22.5 Å². The van der Waals surface area contributed by atoms with E-state index in [0.717, 1.165) is 16.7 Å². The van der Waals surface area contributed by atoms with E-state index in [9.17, 15) is 0 Å². The maximum absolute atomic E-state index is 6.33. The summed E-state index contributed by atoms with van der Waals surface area (Å²) in [7, 11) is 0. The van der Waals surface area contributed by atoms with Crippen LogP contribution in [0, 0.1) is 6.92 Å². The molecule has 2 heterocycles. The smallest absolute Gasteiger partial charge is 0.163 e. The van der Waals surface area contributed by atoms with E-state index in [0.29, 0.717) is 21.7 Å². The third-order valence-electron chi connectivity index (χ3n) is 3.01. The predicted molar refractivity (Wildman–Crippen MR) is 85.5 cm³/mol. The van der Waals surface area contributed by atoms with Gasteiger partial charge < -0.3 is 0 Å². The van der Waals surface area contributed by atoms with Gasteiger partial charge in [0, 0.05) is 10.9 Å². The molecule has 0 amide bonds. The van der Waals surface area contributed by atoms with Gasteiger partial charge in [-0.25, -0.2) is 9.97 Å². The normalized spacial score (nSPS) is 10.8. The summed E-state index contributed by atoms with van der Waals surface area (Å²) in [6.45, 7) is 2.01. The molecule has 0 atom stereocenters. The fraction of sp³-hybridized carbons (Fsp3) is 0.0667. The third kappa shape index (κ3) is 2.44. The van der Waals surface area contributed by atoms with Crippen molar-refractivity contribution in [2.45, 2.75) is 6.92 Å². The molecule has 3 rings (SSSR count). The van der Waals surface area contributed by atoms with E-state index < -0.39 is 0 Å². The molecule has 1 aromatic carbocycles. The second kappa shape index (κ2) is 5.52. The Bertz CT molecular complexity index is 731. The Balaban J connectivity index is 2.17. The number of thiophene rings is 1. The number of halogens is 2. The molecule has 100 valence electrons. The number of benzene rings is 1. The molecular weight excluding hydrogens is 311 g/mol. The van der Waals surface area contributed by atoms with Crippen molar-refractivity contribution in [1.29, 1.82) is 0 Å². The second-order valence-corrected chi connectivity index (χ2v) is 5.83. The maximum Gasteiger partial charge on any atom is 0.163 e. The molecule has 0 saturated heterocycles. The van der Waals surface area contributed by atoms with Gasteiger partial charge in [0.25, 0.3) is 0 Å². The first-order chi connectivity index (χ1) is 9.66. The first kappa shape index (κ1) is 13.6. The van der Waals surface area contributed by atoms with Crippen molar-refractivity contribution in [3.8, 4) is 22.5 Å². The monoisotopic (exact) mass is 320 g/mol. The highest BCUT2D eigenvalue weighted by Gasteiger charge is 2.16. The Kier molecular flexibility index (Phi) is 3.74. The van der Waals surface area contributed by atoms with Crippen LogP contribution in [0.1, 0.15) is 5.56 Å². The molecule has 0 aliphatic heterocycles. The van der Waals surface area contributed by atoms with Crippen LogP contribution in [0.2, 0.25) is 10.3 Å². The van der Waals surface area contributed by atoms with Crippen LogP contribution in [-0.2, 0) is 0 Å². The van der Waals surface area contributed by atoms with Crippen LogP contribution in [0.5, 0.6) is 0 Å². The summed E-state index contributed by atoms with van der Waals surface area (Å²) in [5, 5.41) is 4.69. The molecule has 0 bridgehead atoms. The van der Waals surface area contributed by atoms with Crippen LogP contribution >= 0.6 is 34.5 Å². The molecule has 0 saturated carbocycles. The molecule has 20 heavy (non-hydrogen) atoms. The minimum Gasteiger partial charge on any atom is -0.216 e. The van der Waals surface area contributed by atoms with E-state index in [4.69, 9.17) is 23.2 Å². The van der Waals surface area contributed by atoms with Gasteiger partial charge in [-0.3, -0.25) is 0 Å². The van der Waals surface area contributed by atoms with Crippen molar-refractivity contribution in [2.75, 3.05) is 0 Å². The molecule has 3 aromatic rings. The summed E-state index contributed by atoms with van der Waals surface area (Å²) in [5.74, 6) is 0.554. The average Bonchev–Trinajstić information content (AvgIpc) is 2.94. The third-order valence-corrected chi connectivity index (χ3v) is 4.24. The Morgan fingerprint density at radius 3 is 2.30 bits per heavy atom. The van der Waals surface area contributed by atoms with E-state index in [-0.39, 0.29) is 0 Å². The topological polar surface area (TPSA) is 25.8 Å². The summed E-state index contributed by atoms with van der Waals surface area (Å²) < 4.78 is 0. The first-order valence-electron chi connectivity index (χ1n) is 5.98. The van der Waals surface area contributed by atoms with Gasteiger partial charge in [-0.05, 0) is 29.5 Å². The van der Waals surface area contributed by atoms with Crippen molar-refractivity contribution in [3.05, 3.63) is 57.0 Å². The number of hydrogen-bond donors (Lipinski definition) is 0. The van der Waals surface area contributed by atoms with Crippen molar-refractivity contribution in [3.63, 3.8) is 0 Å². The highest BCUT2D eigenvalue weighted by Crippen LogP contribution is 2.35. The van der Waals surface area contributed by atoms with Crippen molar-refractivity contribution >= 4 is 34.5 Å². The summed E-state index contributed by atoms with van der Waals surface area (Å²) in [5.41, 5.74) is 3.66. The van der Waals surface area contributed by atoms with E-state index >= 15 is 0 Å². The highest BCUT2D eigenvalue weighted by atomic mass is 35.5. The van der Waals surface area contributed by atoms with Gasteiger partial charge in [-0.2, -0.15) is 11.3 Å². The zero-order chi connectivity index (χ0) is 14.1. The number of aryl methyl sites for hydroxylation is 1. The Morgan fingerprint density at radius 1 is 1.00 bits per heavy atom. The summed E-state index contributed by atoms with van der Waals surface area (Å²) >= 11 is 14.2. The van der Waals surface area contributed by atoms with Gasteiger partial charge in [0.2, 0.25) is 0 Å². The van der Waals surface area contributed by atoms with E-state index in [1.165, 1.54) is 0 Å². The number of hydrogen-bond acceptors (Lipinski definition) is 3. The zero-order valence-electron chi connectivity index (χ0n) is 10.6. The fourth-order valence-corrected chi connectivity index (χ4v) is 3.23. The van der Waals surface area contributed by atoms with Crippen LogP contribution < -0.4 is 0 Å². The molecular formula is C15H10Cl2N2S. The van der Waals surface area contributed by atoms with Crippen LogP contribution in [0.3, 0.4) is 0 Å². The second-order valence-electron chi connectivity index (χ2n) is 4.33. The van der Waals surface area contributed by atoms with Crippen LogP contribution in [0.15, 0.2) is 41.1 Å². The Hall–Kier alpha value is -1.42. The maximum atomic E-state index is 6.33. The Labute approximate surface area is 131 Å². The zero-order valence-corrected chi connectivity index (χ0v) is 12.9. The predicted octanol–water partition coefficient (Wildman–Crippen LogP) is 5.49. The van der Waals surface area contributed by atoms with Crippen LogP contribution in [-0.4, -0.2) is 9.97 Å². The average molecular weight is 321 g/mol. The van der Waals surface area contributed by atoms with E-state index in [2.05, 4.69) is 9.97 Å². The van der Waals surface area contributed by atoms with Crippen molar-refractivity contribution < 1.29 is 0 Å². The molecule has 5 heteroatoms. The van der Waals surface area contributed by atoms with Gasteiger partial charge >= 0.3 is 0 Å². The lowest BCUT2D eigenvalue weighted by atomic mass is 10.0. The summed E-state index contributed by atoms with van der Waals surface area (Å²) in [4.78, 5) is 8.74. The molecule has 0 aliphatic carbocycles. The van der Waals surface area contributed by atoms with Gasteiger partial charge in [0.15, 0.2) is 5.82 Å². The minimum atomic E-state index is 0.375. The number of aromatic nitrogens is 2. The van der Waals surface area contributed by atoms with Crippen molar-refractivity contribution in [2.24, 2.45) is 0 Å². The first-order valence-corrected chi connectivity index (χ1v) is 7.68. The molecule has 0 radical (unpaired) electrons. The summed E-state index contributed by atoms with van der Waals surface area (Å²) in [6, 6.07) is 9.84. The molecule has 2 aromatic heterocycles. The number of rotatable bonds is 2. The Morgan fingerprint density at radius 2 is 1.70 bits per heavy atom. The highest BCUT2D eigenvalue weighted by molar-refractivity contribution is 7.08. The molecule has 0 unspecified atom stereocenters. The van der Waals surface area contributed by atoms with E-state index in [1.807, 2.05) is 48.0 Å². The SMILES string of the molecule is Cc1ccccc1-c1c(Cl)nc(-c2ccsc2)nc1Cl. The van der Waals surface area contributed by atoms with Crippen molar-refractivity contribution in [1.82, 2.24) is 9.97 Å². The molecule has 0 fully saturated rings. The summed E-state index contributed by atoms with van der Waals surface area (Å²) in [6.07, 6.45) is 0. The molecule has 0 spiro atoms. The minimum absolute atomic E-state index is 0.375. The van der Waals surface area contributed by atoms with Crippen LogP contribution in [0.4, 0.5) is 0 Å². The number of nitrogens with zero attached hydrogens (tertiary/aromatic N) is 2. The fourth-order valence-electron chi connectivity index (χ4n) is 2.00. The lowest BCUT2D eigenvalue weighted by Gasteiger charge is -2.10. The quantitative estimate of drug-likeness (QED) is 0.583. The van der Waals surface area contributed by atoms with Gasteiger partial charge in [0.1, 0.15) is 10.3 Å². The standard InChI is InChI=1S/C15H10Cl2N2S/c1-9-4-2-3-5-11(9)12-13(16)18-15(19-14(12)17)10-6-7-20-8-10/h2-8H,1H3. The lowest BCUT2D eigenvalue weighted by molar-refractivity contribution is 1.18. The van der Waals surface area contributed by atoms with Gasteiger partial charge in [-0.15, -0.1) is 0 Å².